The van der Waals surface area contributed by atoms with Crippen molar-refractivity contribution in [2.24, 2.45) is 5.92 Å². The number of carboxylic acid groups (broad SMARTS) is 1. The van der Waals surface area contributed by atoms with Crippen LogP contribution in [0.5, 0.6) is 5.75 Å². The first-order chi connectivity index (χ1) is 13.9. The Morgan fingerprint density at radius 3 is 2.79 bits per heavy atom. The second-order valence-corrected chi connectivity index (χ2v) is 7.18. The molecule has 2 aromatic heterocycles. The Balaban J connectivity index is 2.24. The molecule has 0 radical (unpaired) electrons. The molecule has 0 aliphatic carbocycles. The fourth-order valence-electron chi connectivity index (χ4n) is 2.93. The van der Waals surface area contributed by atoms with Crippen LogP contribution >= 0.6 is 15.9 Å². The standard InChI is InChI=1S/C21H16BrN3O4/c1-12(21(27)28)20(26)25-11-17(16-8-15(22)3-4-18(16)25)13(9-23)7-14-10-24-6-5-19(14)29-2/h3-8,10-12H,1-2H3,(H,27,28). The number of nitriles is 1. The molecule has 0 amide bonds. The second-order valence-electron chi connectivity index (χ2n) is 6.26. The minimum Gasteiger partial charge on any atom is -0.496 e. The molecule has 8 heteroatoms. The van der Waals surface area contributed by atoms with E-state index in [-0.39, 0.29) is 5.57 Å². The lowest BCUT2D eigenvalue weighted by Crippen LogP contribution is -2.25. The number of rotatable bonds is 5. The van der Waals surface area contributed by atoms with Gasteiger partial charge in [0.2, 0.25) is 5.91 Å². The molecule has 29 heavy (non-hydrogen) atoms. The number of fused-ring (bicyclic) bond motifs is 1. The molecular weight excluding hydrogens is 438 g/mol. The van der Waals surface area contributed by atoms with Gasteiger partial charge in [-0.3, -0.25) is 19.1 Å². The van der Waals surface area contributed by atoms with Crippen LogP contribution in [0, 0.1) is 17.2 Å². The fraction of sp³-hybridized carbons (Fsp3) is 0.143. The first-order valence-electron chi connectivity index (χ1n) is 8.55. The lowest BCUT2D eigenvalue weighted by atomic mass is 10.0. The molecule has 0 saturated carbocycles. The summed E-state index contributed by atoms with van der Waals surface area (Å²) < 4.78 is 7.35. The summed E-state index contributed by atoms with van der Waals surface area (Å²) in [6.07, 6.45) is 6.27. The highest BCUT2D eigenvalue weighted by atomic mass is 79.9. The van der Waals surface area contributed by atoms with E-state index in [1.807, 2.05) is 0 Å². The number of carbonyl (C=O) groups excluding carboxylic acids is 1. The van der Waals surface area contributed by atoms with Crippen LogP contribution in [0.3, 0.4) is 0 Å². The van der Waals surface area contributed by atoms with Crippen LogP contribution in [0.2, 0.25) is 0 Å². The van der Waals surface area contributed by atoms with E-state index in [4.69, 9.17) is 4.74 Å². The number of hydrogen-bond acceptors (Lipinski definition) is 5. The summed E-state index contributed by atoms with van der Waals surface area (Å²) in [6.45, 7) is 1.33. The van der Waals surface area contributed by atoms with Crippen molar-refractivity contribution in [3.8, 4) is 11.8 Å². The predicted octanol–water partition coefficient (Wildman–Crippen LogP) is 4.23. The van der Waals surface area contributed by atoms with Gasteiger partial charge in [0.05, 0.1) is 24.3 Å². The number of carboxylic acids is 1. The molecule has 0 fully saturated rings. The van der Waals surface area contributed by atoms with Gasteiger partial charge in [-0.1, -0.05) is 15.9 Å². The van der Waals surface area contributed by atoms with Crippen molar-refractivity contribution in [3.05, 3.63) is 58.5 Å². The summed E-state index contributed by atoms with van der Waals surface area (Å²) >= 11 is 3.41. The number of hydrogen-bond donors (Lipinski definition) is 1. The van der Waals surface area contributed by atoms with Gasteiger partial charge in [-0.25, -0.2) is 0 Å². The lowest BCUT2D eigenvalue weighted by molar-refractivity contribution is -0.139. The normalized spacial score (nSPS) is 12.4. The Hall–Kier alpha value is -3.44. The number of methoxy groups -OCH3 is 1. The molecule has 1 aromatic carbocycles. The summed E-state index contributed by atoms with van der Waals surface area (Å²) in [5.41, 5.74) is 1.91. The fourth-order valence-corrected chi connectivity index (χ4v) is 3.29. The Bertz CT molecular complexity index is 1190. The van der Waals surface area contributed by atoms with Gasteiger partial charge in [-0.2, -0.15) is 5.26 Å². The maximum Gasteiger partial charge on any atom is 0.315 e. The highest BCUT2D eigenvalue weighted by Crippen LogP contribution is 2.32. The number of nitrogens with zero attached hydrogens (tertiary/aromatic N) is 3. The third-order valence-electron chi connectivity index (χ3n) is 4.49. The Morgan fingerprint density at radius 1 is 1.38 bits per heavy atom. The molecule has 3 rings (SSSR count). The molecule has 7 nitrogen and oxygen atoms in total. The molecule has 3 aromatic rings. The third kappa shape index (κ3) is 3.91. The molecule has 146 valence electrons. The predicted molar refractivity (Wildman–Crippen MR) is 111 cm³/mol. The van der Waals surface area contributed by atoms with E-state index < -0.39 is 17.8 Å². The topological polar surface area (TPSA) is 105 Å². The number of benzene rings is 1. The van der Waals surface area contributed by atoms with Crippen LogP contribution in [-0.4, -0.2) is 33.6 Å². The highest BCUT2D eigenvalue weighted by Gasteiger charge is 2.25. The Labute approximate surface area is 175 Å². The first kappa shape index (κ1) is 20.3. The summed E-state index contributed by atoms with van der Waals surface area (Å²) in [6, 6.07) is 9.07. The van der Waals surface area contributed by atoms with Gasteiger partial charge in [-0.05, 0) is 37.3 Å². The number of ether oxygens (including phenoxy) is 1. The van der Waals surface area contributed by atoms with E-state index in [2.05, 4.69) is 27.0 Å². The maximum atomic E-state index is 12.7. The molecule has 0 aliphatic heterocycles. The number of aliphatic carboxylic acids is 1. The van der Waals surface area contributed by atoms with Crippen LogP contribution in [0.1, 0.15) is 22.8 Å². The van der Waals surface area contributed by atoms with E-state index in [9.17, 15) is 20.0 Å². The molecule has 0 aliphatic rings. The highest BCUT2D eigenvalue weighted by molar-refractivity contribution is 9.10. The van der Waals surface area contributed by atoms with Gasteiger partial charge in [0, 0.05) is 39.6 Å². The van der Waals surface area contributed by atoms with Crippen LogP contribution in [0.4, 0.5) is 0 Å². The number of allylic oxidation sites excluding steroid dienone is 1. The summed E-state index contributed by atoms with van der Waals surface area (Å²) in [5, 5.41) is 19.7. The molecule has 1 N–H and O–H groups in total. The van der Waals surface area contributed by atoms with Gasteiger partial charge in [0.25, 0.3) is 0 Å². The summed E-state index contributed by atoms with van der Waals surface area (Å²) in [5.74, 6) is -2.48. The van der Waals surface area contributed by atoms with E-state index in [1.54, 1.807) is 42.7 Å². The SMILES string of the molecule is COc1ccncc1C=C(C#N)c1cn(C(=O)C(C)C(=O)O)c2ccc(Br)cc12. The monoisotopic (exact) mass is 453 g/mol. The van der Waals surface area contributed by atoms with Crippen molar-refractivity contribution < 1.29 is 19.4 Å². The molecule has 2 heterocycles. The van der Waals surface area contributed by atoms with Crippen LogP contribution in [-0.2, 0) is 4.79 Å². The van der Waals surface area contributed by atoms with Crippen molar-refractivity contribution in [3.63, 3.8) is 0 Å². The van der Waals surface area contributed by atoms with Gasteiger partial charge >= 0.3 is 5.97 Å². The van der Waals surface area contributed by atoms with Crippen LogP contribution in [0.15, 0.2) is 47.3 Å². The quantitative estimate of drug-likeness (QED) is 0.457. The lowest BCUT2D eigenvalue weighted by Gasteiger charge is -2.07. The summed E-state index contributed by atoms with van der Waals surface area (Å²) in [4.78, 5) is 28.1. The Morgan fingerprint density at radius 2 is 2.14 bits per heavy atom. The van der Waals surface area contributed by atoms with Crippen molar-refractivity contribution in [2.75, 3.05) is 7.11 Å². The number of aromatic nitrogens is 2. The largest absolute Gasteiger partial charge is 0.496 e. The minimum absolute atomic E-state index is 0.286. The van der Waals surface area contributed by atoms with E-state index in [0.717, 1.165) is 4.47 Å². The van der Waals surface area contributed by atoms with Gasteiger partial charge in [0.1, 0.15) is 11.7 Å². The van der Waals surface area contributed by atoms with Crippen molar-refractivity contribution in [2.45, 2.75) is 6.92 Å². The molecular formula is C21H16BrN3O4. The van der Waals surface area contributed by atoms with Gasteiger partial charge < -0.3 is 9.84 Å². The maximum absolute atomic E-state index is 12.7. The van der Waals surface area contributed by atoms with Crippen molar-refractivity contribution in [1.82, 2.24) is 9.55 Å². The number of halogens is 1. The molecule has 0 saturated heterocycles. The zero-order valence-electron chi connectivity index (χ0n) is 15.6. The molecule has 0 spiro atoms. The van der Waals surface area contributed by atoms with E-state index >= 15 is 0 Å². The molecule has 1 atom stereocenters. The number of pyridine rings is 1. The van der Waals surface area contributed by atoms with Crippen molar-refractivity contribution >= 4 is 50.4 Å². The second kappa shape index (κ2) is 8.29. The molecule has 0 bridgehead atoms. The van der Waals surface area contributed by atoms with E-state index in [1.165, 1.54) is 24.8 Å². The first-order valence-corrected chi connectivity index (χ1v) is 9.34. The van der Waals surface area contributed by atoms with Crippen molar-refractivity contribution in [1.29, 1.82) is 5.26 Å². The average Bonchev–Trinajstić information content (AvgIpc) is 3.09. The Kier molecular flexibility index (Phi) is 5.80. The zero-order chi connectivity index (χ0) is 21.1. The summed E-state index contributed by atoms with van der Waals surface area (Å²) in [7, 11) is 1.52. The average molecular weight is 454 g/mol. The van der Waals surface area contributed by atoms with Crippen LogP contribution < -0.4 is 4.74 Å². The van der Waals surface area contributed by atoms with E-state index in [0.29, 0.717) is 27.8 Å². The zero-order valence-corrected chi connectivity index (χ0v) is 17.2. The van der Waals surface area contributed by atoms with Gasteiger partial charge in [-0.15, -0.1) is 0 Å². The minimum atomic E-state index is -1.23. The molecule has 1 unspecified atom stereocenters. The number of carbonyl (C=O) groups is 2. The van der Waals surface area contributed by atoms with Crippen LogP contribution in [0.25, 0.3) is 22.6 Å². The third-order valence-corrected chi connectivity index (χ3v) is 4.98. The van der Waals surface area contributed by atoms with Gasteiger partial charge in [0.15, 0.2) is 0 Å². The smallest absolute Gasteiger partial charge is 0.315 e.